The van der Waals surface area contributed by atoms with Crippen molar-refractivity contribution in [2.75, 3.05) is 32.8 Å². The van der Waals surface area contributed by atoms with Crippen molar-refractivity contribution in [1.29, 1.82) is 0 Å². The molecule has 0 aliphatic carbocycles. The van der Waals surface area contributed by atoms with Crippen LogP contribution in [0.25, 0.3) is 0 Å². The van der Waals surface area contributed by atoms with E-state index in [4.69, 9.17) is 4.74 Å². The highest BCUT2D eigenvalue weighted by Crippen LogP contribution is 2.15. The van der Waals surface area contributed by atoms with Gasteiger partial charge in [-0.15, -0.1) is 0 Å². The second-order valence-electron chi connectivity index (χ2n) is 4.95. The summed E-state index contributed by atoms with van der Waals surface area (Å²) in [5, 5.41) is 0. The number of nitrogens with zero attached hydrogens (tertiary/aromatic N) is 2. The monoisotopic (exact) mass is 250 g/mol. The molecular weight excluding hydrogens is 228 g/mol. The third-order valence-electron chi connectivity index (χ3n) is 3.70. The average molecular weight is 250 g/mol. The molecule has 100 valence electrons. The number of Topliss-reactive ketones (excluding diaryl/α,β-unsaturated/α-hetero) is 1. The number of aryl methyl sites for hydroxylation is 1. The van der Waals surface area contributed by atoms with Crippen molar-refractivity contribution in [3.63, 3.8) is 0 Å². The van der Waals surface area contributed by atoms with E-state index in [1.165, 1.54) is 5.69 Å². The summed E-state index contributed by atoms with van der Waals surface area (Å²) in [5.41, 5.74) is 3.12. The number of ketones is 1. The second kappa shape index (κ2) is 5.67. The zero-order valence-electron chi connectivity index (χ0n) is 11.5. The molecule has 0 amide bonds. The number of aromatic nitrogens is 1. The van der Waals surface area contributed by atoms with Gasteiger partial charge in [-0.25, -0.2) is 0 Å². The summed E-state index contributed by atoms with van der Waals surface area (Å²) in [6.45, 7) is 11.4. The van der Waals surface area contributed by atoms with E-state index in [0.717, 1.165) is 50.7 Å². The Hall–Kier alpha value is -1.13. The molecule has 1 aliphatic rings. The van der Waals surface area contributed by atoms with Crippen LogP contribution in [0.3, 0.4) is 0 Å². The fourth-order valence-corrected chi connectivity index (χ4v) is 2.57. The first-order valence-electron chi connectivity index (χ1n) is 6.57. The zero-order chi connectivity index (χ0) is 13.1. The van der Waals surface area contributed by atoms with Crippen molar-refractivity contribution < 1.29 is 9.53 Å². The molecule has 0 unspecified atom stereocenters. The van der Waals surface area contributed by atoms with Gasteiger partial charge in [0, 0.05) is 43.1 Å². The summed E-state index contributed by atoms with van der Waals surface area (Å²) in [6, 6.07) is 2.00. The Morgan fingerprint density at radius 2 is 1.94 bits per heavy atom. The van der Waals surface area contributed by atoms with Gasteiger partial charge in [0.1, 0.15) is 0 Å². The molecule has 4 nitrogen and oxygen atoms in total. The Balaban J connectivity index is 2.02. The lowest BCUT2D eigenvalue weighted by Gasteiger charge is -2.27. The van der Waals surface area contributed by atoms with Crippen LogP contribution in [0.5, 0.6) is 0 Å². The van der Waals surface area contributed by atoms with Gasteiger partial charge in [0.2, 0.25) is 0 Å². The van der Waals surface area contributed by atoms with E-state index >= 15 is 0 Å². The van der Waals surface area contributed by atoms with E-state index in [-0.39, 0.29) is 5.78 Å². The Morgan fingerprint density at radius 3 is 2.50 bits per heavy atom. The lowest BCUT2D eigenvalue weighted by Crippen LogP contribution is -2.38. The van der Waals surface area contributed by atoms with Crippen molar-refractivity contribution in [1.82, 2.24) is 9.47 Å². The molecule has 0 spiro atoms. The molecule has 1 fully saturated rings. The number of morpholine rings is 1. The summed E-state index contributed by atoms with van der Waals surface area (Å²) in [7, 11) is 0. The van der Waals surface area contributed by atoms with E-state index in [1.807, 2.05) is 13.0 Å². The Labute approximate surface area is 109 Å². The second-order valence-corrected chi connectivity index (χ2v) is 4.95. The minimum Gasteiger partial charge on any atom is -0.379 e. The van der Waals surface area contributed by atoms with Crippen molar-refractivity contribution >= 4 is 5.78 Å². The number of carbonyl (C=O) groups is 1. The minimum atomic E-state index is 0.153. The van der Waals surface area contributed by atoms with E-state index in [9.17, 15) is 4.79 Å². The minimum absolute atomic E-state index is 0.153. The molecule has 2 heterocycles. The van der Waals surface area contributed by atoms with Crippen LogP contribution in [-0.2, 0) is 11.3 Å². The third-order valence-corrected chi connectivity index (χ3v) is 3.70. The molecular formula is C14H22N2O2. The number of hydrogen-bond acceptors (Lipinski definition) is 3. The first kappa shape index (κ1) is 13.3. The maximum atomic E-state index is 11.5. The first-order valence-corrected chi connectivity index (χ1v) is 6.57. The van der Waals surface area contributed by atoms with Gasteiger partial charge in [0.05, 0.1) is 13.2 Å². The van der Waals surface area contributed by atoms with Crippen molar-refractivity contribution in [3.05, 3.63) is 23.0 Å². The SMILES string of the molecule is CC(=O)c1cc(C)n(CCN2CCOCC2)c1C. The van der Waals surface area contributed by atoms with Crippen LogP contribution >= 0.6 is 0 Å². The molecule has 0 N–H and O–H groups in total. The van der Waals surface area contributed by atoms with E-state index in [2.05, 4.69) is 16.4 Å². The number of ether oxygens (including phenoxy) is 1. The highest BCUT2D eigenvalue weighted by Gasteiger charge is 2.14. The summed E-state index contributed by atoms with van der Waals surface area (Å²) < 4.78 is 7.58. The molecule has 1 saturated heterocycles. The Morgan fingerprint density at radius 1 is 1.28 bits per heavy atom. The lowest BCUT2D eigenvalue weighted by atomic mass is 10.2. The topological polar surface area (TPSA) is 34.5 Å². The fraction of sp³-hybridized carbons (Fsp3) is 0.643. The van der Waals surface area contributed by atoms with Gasteiger partial charge in [-0.2, -0.15) is 0 Å². The summed E-state index contributed by atoms with van der Waals surface area (Å²) in [6.07, 6.45) is 0. The van der Waals surface area contributed by atoms with E-state index < -0.39 is 0 Å². The average Bonchev–Trinajstić information content (AvgIpc) is 2.64. The quantitative estimate of drug-likeness (QED) is 0.762. The maximum absolute atomic E-state index is 11.5. The molecule has 0 saturated carbocycles. The highest BCUT2D eigenvalue weighted by molar-refractivity contribution is 5.95. The normalized spacial score (nSPS) is 17.1. The van der Waals surface area contributed by atoms with Gasteiger partial charge in [-0.1, -0.05) is 0 Å². The maximum Gasteiger partial charge on any atom is 0.161 e. The molecule has 2 rings (SSSR count). The summed E-state index contributed by atoms with van der Waals surface area (Å²) in [5.74, 6) is 0.153. The smallest absolute Gasteiger partial charge is 0.161 e. The van der Waals surface area contributed by atoms with Crippen LogP contribution in [-0.4, -0.2) is 48.1 Å². The highest BCUT2D eigenvalue weighted by atomic mass is 16.5. The van der Waals surface area contributed by atoms with Crippen LogP contribution in [0, 0.1) is 13.8 Å². The third kappa shape index (κ3) is 2.82. The van der Waals surface area contributed by atoms with Crippen LogP contribution < -0.4 is 0 Å². The van der Waals surface area contributed by atoms with Gasteiger partial charge in [-0.3, -0.25) is 9.69 Å². The molecule has 18 heavy (non-hydrogen) atoms. The predicted molar refractivity (Wildman–Crippen MR) is 71.2 cm³/mol. The fourth-order valence-electron chi connectivity index (χ4n) is 2.57. The zero-order valence-corrected chi connectivity index (χ0v) is 11.5. The molecule has 1 aromatic heterocycles. The number of hydrogen-bond donors (Lipinski definition) is 0. The molecule has 0 aromatic carbocycles. The Bertz CT molecular complexity index is 431. The van der Waals surface area contributed by atoms with Gasteiger partial charge < -0.3 is 9.30 Å². The summed E-state index contributed by atoms with van der Waals surface area (Å²) in [4.78, 5) is 13.9. The van der Waals surface area contributed by atoms with Crippen LogP contribution in [0.1, 0.15) is 28.7 Å². The molecule has 0 radical (unpaired) electrons. The van der Waals surface area contributed by atoms with E-state index in [1.54, 1.807) is 6.92 Å². The number of carbonyl (C=O) groups excluding carboxylic acids is 1. The molecule has 0 bridgehead atoms. The van der Waals surface area contributed by atoms with Crippen molar-refractivity contribution in [2.45, 2.75) is 27.3 Å². The van der Waals surface area contributed by atoms with Crippen molar-refractivity contribution in [3.8, 4) is 0 Å². The molecule has 0 atom stereocenters. The molecule has 1 aromatic rings. The van der Waals surface area contributed by atoms with Crippen LogP contribution in [0.2, 0.25) is 0 Å². The standard InChI is InChI=1S/C14H22N2O2/c1-11-10-14(13(3)17)12(2)16(11)5-4-15-6-8-18-9-7-15/h10H,4-9H2,1-3H3. The van der Waals surface area contributed by atoms with Gasteiger partial charge in [-0.05, 0) is 26.8 Å². The number of rotatable bonds is 4. The largest absolute Gasteiger partial charge is 0.379 e. The summed E-state index contributed by atoms with van der Waals surface area (Å²) >= 11 is 0. The first-order chi connectivity index (χ1) is 8.59. The lowest BCUT2D eigenvalue weighted by molar-refractivity contribution is 0.0363. The van der Waals surface area contributed by atoms with Crippen LogP contribution in [0.15, 0.2) is 6.07 Å². The molecule has 1 aliphatic heterocycles. The van der Waals surface area contributed by atoms with E-state index in [0.29, 0.717) is 0 Å². The van der Waals surface area contributed by atoms with Gasteiger partial charge in [0.25, 0.3) is 0 Å². The van der Waals surface area contributed by atoms with Crippen molar-refractivity contribution in [2.24, 2.45) is 0 Å². The van der Waals surface area contributed by atoms with Gasteiger partial charge in [0.15, 0.2) is 5.78 Å². The molecule has 4 heteroatoms. The van der Waals surface area contributed by atoms with Gasteiger partial charge >= 0.3 is 0 Å². The Kier molecular flexibility index (Phi) is 4.19. The predicted octanol–water partition coefficient (Wildman–Crippen LogP) is 1.64. The van der Waals surface area contributed by atoms with Crippen LogP contribution in [0.4, 0.5) is 0 Å².